The lowest BCUT2D eigenvalue weighted by molar-refractivity contribution is -0.115. The molecule has 7 nitrogen and oxygen atoms in total. The zero-order chi connectivity index (χ0) is 19.6. The van der Waals surface area contributed by atoms with E-state index in [9.17, 15) is 9.59 Å². The lowest BCUT2D eigenvalue weighted by Gasteiger charge is -2.18. The van der Waals surface area contributed by atoms with Gasteiger partial charge in [-0.1, -0.05) is 25.1 Å². The first kappa shape index (κ1) is 20.1. The second kappa shape index (κ2) is 10.1. The summed E-state index contributed by atoms with van der Waals surface area (Å²) in [6.45, 7) is 6.28. The van der Waals surface area contributed by atoms with Crippen LogP contribution in [0.15, 0.2) is 42.5 Å². The fourth-order valence-electron chi connectivity index (χ4n) is 2.35. The minimum Gasteiger partial charge on any atom is -0.492 e. The second-order valence-electron chi connectivity index (χ2n) is 5.56. The fourth-order valence-corrected chi connectivity index (χ4v) is 2.35. The van der Waals surface area contributed by atoms with Crippen LogP contribution in [-0.4, -0.2) is 25.2 Å². The topological polar surface area (TPSA) is 88.7 Å². The van der Waals surface area contributed by atoms with Crippen LogP contribution in [0.2, 0.25) is 0 Å². The SMILES string of the molecule is CCOc1cc(NC(=O)Nc2ccccc2)c(OCC)cc1NC(=O)CC. The Morgan fingerprint density at radius 2 is 1.37 bits per heavy atom. The molecule has 0 aromatic heterocycles. The molecule has 0 aliphatic heterocycles. The second-order valence-corrected chi connectivity index (χ2v) is 5.56. The summed E-state index contributed by atoms with van der Waals surface area (Å²) in [6.07, 6.45) is 0.342. The van der Waals surface area contributed by atoms with E-state index in [1.807, 2.05) is 32.0 Å². The molecule has 0 aliphatic rings. The molecule has 0 bridgehead atoms. The van der Waals surface area contributed by atoms with Crippen LogP contribution >= 0.6 is 0 Å². The first-order chi connectivity index (χ1) is 13.1. The molecule has 0 saturated carbocycles. The number of para-hydroxylation sites is 1. The van der Waals surface area contributed by atoms with Gasteiger partial charge in [0.15, 0.2) is 0 Å². The van der Waals surface area contributed by atoms with E-state index in [4.69, 9.17) is 9.47 Å². The molecule has 27 heavy (non-hydrogen) atoms. The number of hydrogen-bond acceptors (Lipinski definition) is 4. The summed E-state index contributed by atoms with van der Waals surface area (Å²) in [7, 11) is 0. The summed E-state index contributed by atoms with van der Waals surface area (Å²) in [5.74, 6) is 0.759. The molecule has 0 atom stereocenters. The Balaban J connectivity index is 2.28. The summed E-state index contributed by atoms with van der Waals surface area (Å²) in [5.41, 5.74) is 1.62. The highest BCUT2D eigenvalue weighted by atomic mass is 16.5. The largest absolute Gasteiger partial charge is 0.492 e. The van der Waals surface area contributed by atoms with Crippen molar-refractivity contribution in [2.75, 3.05) is 29.2 Å². The summed E-state index contributed by atoms with van der Waals surface area (Å²) in [6, 6.07) is 12.0. The lowest BCUT2D eigenvalue weighted by atomic mass is 10.2. The Labute approximate surface area is 159 Å². The minimum absolute atomic E-state index is 0.138. The molecule has 0 radical (unpaired) electrons. The maximum atomic E-state index is 12.3. The number of carbonyl (C=O) groups excluding carboxylic acids is 2. The molecule has 0 unspecified atom stereocenters. The molecule has 2 rings (SSSR count). The summed E-state index contributed by atoms with van der Waals surface area (Å²) < 4.78 is 11.2. The average Bonchev–Trinajstić information content (AvgIpc) is 2.66. The molecule has 7 heteroatoms. The molecule has 2 aromatic carbocycles. The number of carbonyl (C=O) groups is 2. The van der Waals surface area contributed by atoms with Gasteiger partial charge in [0.05, 0.1) is 24.6 Å². The molecule has 144 valence electrons. The normalized spacial score (nSPS) is 10.0. The minimum atomic E-state index is -0.407. The molecule has 2 aromatic rings. The highest BCUT2D eigenvalue weighted by Crippen LogP contribution is 2.37. The van der Waals surface area contributed by atoms with Gasteiger partial charge in [-0.15, -0.1) is 0 Å². The van der Waals surface area contributed by atoms with Gasteiger partial charge in [-0.05, 0) is 26.0 Å². The van der Waals surface area contributed by atoms with Crippen molar-refractivity contribution in [3.05, 3.63) is 42.5 Å². The van der Waals surface area contributed by atoms with Crippen LogP contribution in [-0.2, 0) is 4.79 Å². The predicted molar refractivity (Wildman–Crippen MR) is 107 cm³/mol. The van der Waals surface area contributed by atoms with Gasteiger partial charge in [0.25, 0.3) is 0 Å². The molecule has 3 amide bonds. The number of amides is 3. The van der Waals surface area contributed by atoms with Crippen molar-refractivity contribution in [2.45, 2.75) is 27.2 Å². The Morgan fingerprint density at radius 3 is 1.89 bits per heavy atom. The number of ether oxygens (including phenoxy) is 2. The number of hydrogen-bond donors (Lipinski definition) is 3. The molecule has 0 spiro atoms. The van der Waals surface area contributed by atoms with Gasteiger partial charge < -0.3 is 25.4 Å². The zero-order valence-electron chi connectivity index (χ0n) is 15.8. The van der Waals surface area contributed by atoms with Crippen molar-refractivity contribution >= 4 is 29.0 Å². The van der Waals surface area contributed by atoms with Crippen molar-refractivity contribution in [1.29, 1.82) is 0 Å². The van der Waals surface area contributed by atoms with Crippen molar-refractivity contribution in [1.82, 2.24) is 0 Å². The molecule has 0 heterocycles. The van der Waals surface area contributed by atoms with Crippen LogP contribution in [0.3, 0.4) is 0 Å². The van der Waals surface area contributed by atoms with Gasteiger partial charge in [-0.2, -0.15) is 0 Å². The Kier molecular flexibility index (Phi) is 7.49. The third-order valence-electron chi connectivity index (χ3n) is 3.56. The molecular formula is C20H25N3O4. The number of nitrogens with one attached hydrogen (secondary N) is 3. The van der Waals surface area contributed by atoms with E-state index < -0.39 is 6.03 Å². The highest BCUT2D eigenvalue weighted by molar-refractivity contribution is 6.01. The highest BCUT2D eigenvalue weighted by Gasteiger charge is 2.16. The Morgan fingerprint density at radius 1 is 0.815 bits per heavy atom. The van der Waals surface area contributed by atoms with E-state index in [1.54, 1.807) is 31.2 Å². The quantitative estimate of drug-likeness (QED) is 0.638. The average molecular weight is 371 g/mol. The van der Waals surface area contributed by atoms with Gasteiger partial charge in [0.1, 0.15) is 11.5 Å². The van der Waals surface area contributed by atoms with Gasteiger partial charge >= 0.3 is 6.03 Å². The van der Waals surface area contributed by atoms with Crippen LogP contribution < -0.4 is 25.4 Å². The van der Waals surface area contributed by atoms with E-state index in [1.165, 1.54) is 0 Å². The molecule has 0 fully saturated rings. The Hall–Kier alpha value is -3.22. The van der Waals surface area contributed by atoms with Crippen LogP contribution in [0, 0.1) is 0 Å². The number of anilines is 3. The third kappa shape index (κ3) is 5.91. The zero-order valence-corrected chi connectivity index (χ0v) is 15.8. The summed E-state index contributed by atoms with van der Waals surface area (Å²) in [4.78, 5) is 24.1. The van der Waals surface area contributed by atoms with Crippen molar-refractivity contribution < 1.29 is 19.1 Å². The van der Waals surface area contributed by atoms with E-state index in [0.717, 1.165) is 0 Å². The maximum absolute atomic E-state index is 12.3. The standard InChI is InChI=1S/C20H25N3O4/c1-4-19(24)22-15-12-18(27-6-3)16(13-17(15)26-5-2)23-20(25)21-14-10-8-7-9-11-14/h7-13H,4-6H2,1-3H3,(H,22,24)(H2,21,23,25). The molecule has 0 saturated heterocycles. The van der Waals surface area contributed by atoms with Crippen molar-refractivity contribution in [3.63, 3.8) is 0 Å². The van der Waals surface area contributed by atoms with E-state index >= 15 is 0 Å². The first-order valence-corrected chi connectivity index (χ1v) is 8.93. The molecular weight excluding hydrogens is 346 g/mol. The van der Waals surface area contributed by atoms with Gasteiger partial charge in [0.2, 0.25) is 5.91 Å². The van der Waals surface area contributed by atoms with Crippen LogP contribution in [0.4, 0.5) is 21.9 Å². The molecule has 3 N–H and O–H groups in total. The van der Waals surface area contributed by atoms with Crippen LogP contribution in [0.25, 0.3) is 0 Å². The number of rotatable bonds is 8. The number of urea groups is 1. The van der Waals surface area contributed by atoms with E-state index in [0.29, 0.717) is 48.2 Å². The first-order valence-electron chi connectivity index (χ1n) is 8.93. The van der Waals surface area contributed by atoms with E-state index in [2.05, 4.69) is 16.0 Å². The fraction of sp³-hybridized carbons (Fsp3) is 0.300. The third-order valence-corrected chi connectivity index (χ3v) is 3.56. The van der Waals surface area contributed by atoms with Gasteiger partial charge in [-0.25, -0.2) is 4.79 Å². The van der Waals surface area contributed by atoms with Crippen LogP contribution in [0.5, 0.6) is 11.5 Å². The van der Waals surface area contributed by atoms with Crippen molar-refractivity contribution in [3.8, 4) is 11.5 Å². The van der Waals surface area contributed by atoms with Gasteiger partial charge in [-0.3, -0.25) is 4.79 Å². The monoisotopic (exact) mass is 371 g/mol. The van der Waals surface area contributed by atoms with Gasteiger partial charge in [0, 0.05) is 24.2 Å². The van der Waals surface area contributed by atoms with E-state index in [-0.39, 0.29) is 5.91 Å². The maximum Gasteiger partial charge on any atom is 0.323 e. The Bertz CT molecular complexity index is 778. The predicted octanol–water partition coefficient (Wildman–Crippen LogP) is 4.48. The lowest BCUT2D eigenvalue weighted by Crippen LogP contribution is -2.20. The smallest absolute Gasteiger partial charge is 0.323 e. The number of benzene rings is 2. The molecule has 0 aliphatic carbocycles. The summed E-state index contributed by atoms with van der Waals surface area (Å²) >= 11 is 0. The van der Waals surface area contributed by atoms with Crippen molar-refractivity contribution in [2.24, 2.45) is 0 Å². The van der Waals surface area contributed by atoms with Crippen LogP contribution in [0.1, 0.15) is 27.2 Å². The summed E-state index contributed by atoms with van der Waals surface area (Å²) in [5, 5.41) is 8.31.